The molecular weight excluding hydrogens is 143 g/mol. The van der Waals surface area contributed by atoms with E-state index in [4.69, 9.17) is 0 Å². The Morgan fingerprint density at radius 1 is 1.83 bits per heavy atom. The summed E-state index contributed by atoms with van der Waals surface area (Å²) >= 11 is 2.47. The molecule has 1 unspecified atom stereocenters. The van der Waals surface area contributed by atoms with E-state index in [-0.39, 0.29) is 0 Å². The molecule has 0 saturated carbocycles. The van der Waals surface area contributed by atoms with Gasteiger partial charge in [0.2, 0.25) is 0 Å². The summed E-state index contributed by atoms with van der Waals surface area (Å²) in [5, 5.41) is 0. The average Bonchev–Trinajstić information content (AvgIpc) is 1.35. The van der Waals surface area contributed by atoms with Crippen molar-refractivity contribution < 1.29 is 4.74 Å². The topological polar surface area (TPSA) is 9.23 Å². The van der Waals surface area contributed by atoms with Gasteiger partial charge in [-0.25, -0.2) is 0 Å². The molecule has 37 valence electrons. The summed E-state index contributed by atoms with van der Waals surface area (Å²) in [7, 11) is 1.66. The molecule has 0 aromatic heterocycles. The van der Waals surface area contributed by atoms with Gasteiger partial charge >= 0.3 is 46.2 Å². The van der Waals surface area contributed by atoms with Crippen LogP contribution in [0.1, 0.15) is 6.92 Å². The first-order valence-electron chi connectivity index (χ1n) is 1.81. The van der Waals surface area contributed by atoms with E-state index in [0.29, 0.717) is 4.82 Å². The molecule has 0 amide bonds. The van der Waals surface area contributed by atoms with Crippen molar-refractivity contribution in [1.82, 2.24) is 0 Å². The van der Waals surface area contributed by atoms with Crippen LogP contribution in [0.2, 0.25) is 4.82 Å². The second-order valence-electron chi connectivity index (χ2n) is 1.11. The molecule has 1 atom stereocenters. The van der Waals surface area contributed by atoms with Crippen LogP contribution < -0.4 is 0 Å². The Morgan fingerprint density at radius 2 is 2.33 bits per heavy atom. The Hall–Kier alpha value is 0.479. The van der Waals surface area contributed by atoms with Crippen LogP contribution in [0.4, 0.5) is 0 Å². The molecule has 0 bridgehead atoms. The average molecular weight is 152 g/mol. The zero-order valence-electron chi connectivity index (χ0n) is 4.01. The van der Waals surface area contributed by atoms with Crippen LogP contribution in [-0.4, -0.2) is 23.1 Å². The van der Waals surface area contributed by atoms with E-state index in [0.717, 1.165) is 0 Å². The zero-order valence-corrected chi connectivity index (χ0v) is 5.89. The molecule has 0 heterocycles. The summed E-state index contributed by atoms with van der Waals surface area (Å²) in [5.74, 6) is 0. The number of hydrogen-bond donors (Lipinski definition) is 0. The van der Waals surface area contributed by atoms with Gasteiger partial charge in [-0.2, -0.15) is 0 Å². The van der Waals surface area contributed by atoms with Crippen LogP contribution in [0.3, 0.4) is 0 Å². The molecule has 0 saturated heterocycles. The molecule has 2 heteroatoms. The van der Waals surface area contributed by atoms with Crippen molar-refractivity contribution in [1.29, 1.82) is 0 Å². The van der Waals surface area contributed by atoms with Crippen molar-refractivity contribution in [3.05, 3.63) is 6.61 Å². The van der Waals surface area contributed by atoms with E-state index in [9.17, 15) is 0 Å². The standard InChI is InChI=1S/C4H9OSe/c1-4(6)3-5-2/h3-4,6H,1-2H3. The predicted molar refractivity (Wildman–Crippen MR) is 27.9 cm³/mol. The SMILES string of the molecule is CO[CH]C(C)[SeH]. The molecule has 0 aliphatic rings. The third-order valence-electron chi connectivity index (χ3n) is 0.333. The van der Waals surface area contributed by atoms with Gasteiger partial charge in [0.25, 0.3) is 0 Å². The fourth-order valence-corrected chi connectivity index (χ4v) is 0.452. The monoisotopic (exact) mass is 153 g/mol. The van der Waals surface area contributed by atoms with Crippen LogP contribution in [0, 0.1) is 6.61 Å². The maximum atomic E-state index is 4.66. The first-order valence-corrected chi connectivity index (χ1v) is 2.90. The van der Waals surface area contributed by atoms with Gasteiger partial charge in [-0.3, -0.25) is 0 Å². The van der Waals surface area contributed by atoms with E-state index in [2.05, 4.69) is 20.7 Å². The van der Waals surface area contributed by atoms with Crippen molar-refractivity contribution in [3.63, 3.8) is 0 Å². The minimum absolute atomic E-state index is 0.488. The molecule has 0 aliphatic carbocycles. The maximum absolute atomic E-state index is 4.66. The summed E-state index contributed by atoms with van der Waals surface area (Å²) in [6, 6.07) is 0. The Balaban J connectivity index is 2.63. The Morgan fingerprint density at radius 3 is 2.33 bits per heavy atom. The van der Waals surface area contributed by atoms with Crippen molar-refractivity contribution >= 4 is 16.0 Å². The van der Waals surface area contributed by atoms with Crippen LogP contribution in [0.25, 0.3) is 0 Å². The van der Waals surface area contributed by atoms with Crippen molar-refractivity contribution in [2.45, 2.75) is 11.7 Å². The van der Waals surface area contributed by atoms with E-state index in [1.807, 2.05) is 6.92 Å². The van der Waals surface area contributed by atoms with Crippen LogP contribution in [0.5, 0.6) is 0 Å². The molecule has 1 radical (unpaired) electrons. The zero-order chi connectivity index (χ0) is 4.99. The molecule has 1 nitrogen and oxygen atoms in total. The van der Waals surface area contributed by atoms with Crippen LogP contribution in [0.15, 0.2) is 0 Å². The van der Waals surface area contributed by atoms with E-state index in [1.54, 1.807) is 13.7 Å². The van der Waals surface area contributed by atoms with Gasteiger partial charge in [0, 0.05) is 0 Å². The number of hydrogen-bond acceptors (Lipinski definition) is 1. The van der Waals surface area contributed by atoms with Gasteiger partial charge in [0.1, 0.15) is 0 Å². The van der Waals surface area contributed by atoms with E-state index >= 15 is 0 Å². The third kappa shape index (κ3) is 4.48. The Labute approximate surface area is 46.9 Å². The molecule has 0 aromatic carbocycles. The Kier molecular flexibility index (Phi) is 3.95. The summed E-state index contributed by atoms with van der Waals surface area (Å²) in [4.78, 5) is 0.488. The second-order valence-corrected chi connectivity index (χ2v) is 2.82. The van der Waals surface area contributed by atoms with Gasteiger partial charge in [-0.15, -0.1) is 0 Å². The quantitative estimate of drug-likeness (QED) is 0.523. The summed E-state index contributed by atoms with van der Waals surface area (Å²) in [6.45, 7) is 3.81. The van der Waals surface area contributed by atoms with Gasteiger partial charge in [-0.1, -0.05) is 0 Å². The molecule has 0 aromatic rings. The van der Waals surface area contributed by atoms with Crippen molar-refractivity contribution in [3.8, 4) is 0 Å². The molecular formula is C4H9OSe. The normalized spacial score (nSPS) is 14.5. The first kappa shape index (κ1) is 6.48. The van der Waals surface area contributed by atoms with Crippen LogP contribution in [-0.2, 0) is 4.74 Å². The Bertz CT molecular complexity index is 28.7. The van der Waals surface area contributed by atoms with Gasteiger partial charge in [0.15, 0.2) is 0 Å². The second kappa shape index (κ2) is 3.66. The van der Waals surface area contributed by atoms with Gasteiger partial charge in [0.05, 0.1) is 0 Å². The molecule has 0 spiro atoms. The molecule has 0 aliphatic heterocycles. The van der Waals surface area contributed by atoms with Crippen molar-refractivity contribution in [2.75, 3.05) is 7.11 Å². The number of ether oxygens (including phenoxy) is 1. The van der Waals surface area contributed by atoms with Gasteiger partial charge in [-0.05, 0) is 0 Å². The van der Waals surface area contributed by atoms with E-state index in [1.165, 1.54) is 0 Å². The van der Waals surface area contributed by atoms with Crippen molar-refractivity contribution in [2.24, 2.45) is 0 Å². The number of rotatable bonds is 2. The predicted octanol–water partition coefficient (Wildman–Crippen LogP) is 0.504. The summed E-state index contributed by atoms with van der Waals surface area (Å²) in [5.41, 5.74) is 0. The number of methoxy groups -OCH3 is 1. The molecule has 6 heavy (non-hydrogen) atoms. The summed E-state index contributed by atoms with van der Waals surface area (Å²) in [6.07, 6.45) is 0. The van der Waals surface area contributed by atoms with Crippen LogP contribution >= 0.6 is 0 Å². The van der Waals surface area contributed by atoms with E-state index < -0.39 is 0 Å². The molecule has 0 fully saturated rings. The van der Waals surface area contributed by atoms with Gasteiger partial charge < -0.3 is 0 Å². The summed E-state index contributed by atoms with van der Waals surface area (Å²) < 4.78 is 4.66. The fraction of sp³-hybridized carbons (Fsp3) is 0.750. The minimum atomic E-state index is 0.488. The molecule has 0 rings (SSSR count). The first-order chi connectivity index (χ1) is 2.77. The third-order valence-corrected chi connectivity index (χ3v) is 0.588. The fourth-order valence-electron chi connectivity index (χ4n) is 0.197. The molecule has 0 N–H and O–H groups in total.